The molecule has 1 atom stereocenters. The molecule has 0 aromatic rings. The Kier molecular flexibility index (Phi) is 29.2. The minimum Gasteiger partial charge on any atom is -0.466 e. The van der Waals surface area contributed by atoms with Crippen LogP contribution in [0.4, 0.5) is 0 Å². The molecule has 0 aromatic carbocycles. The van der Waals surface area contributed by atoms with E-state index in [1.165, 1.54) is 154 Å². The number of ether oxygens (including phenoxy) is 1. The summed E-state index contributed by atoms with van der Waals surface area (Å²) in [5, 5.41) is 0. The Hall–Kier alpha value is -0.530. The van der Waals surface area contributed by atoms with Gasteiger partial charge in [0.15, 0.2) is 0 Å². The molecule has 0 rings (SSSR count). The van der Waals surface area contributed by atoms with Crippen LogP contribution in [0.2, 0.25) is 0 Å². The number of hydrogen-bond acceptors (Lipinski definition) is 2. The maximum absolute atomic E-state index is 12.1. The Morgan fingerprint density at radius 1 is 0.457 bits per heavy atom. The molecule has 0 amide bonds. The molecular formula is C33H66O2. The van der Waals surface area contributed by atoms with Crippen molar-refractivity contribution in [3.8, 4) is 0 Å². The average Bonchev–Trinajstić information content (AvgIpc) is 2.86. The summed E-state index contributed by atoms with van der Waals surface area (Å²) in [5.41, 5.74) is 0. The molecule has 0 fully saturated rings. The van der Waals surface area contributed by atoms with E-state index in [-0.39, 0.29) is 5.97 Å². The number of carbonyl (C=O) groups is 1. The van der Waals surface area contributed by atoms with E-state index in [1.54, 1.807) is 0 Å². The van der Waals surface area contributed by atoms with Gasteiger partial charge < -0.3 is 4.74 Å². The lowest BCUT2D eigenvalue weighted by Crippen LogP contribution is -2.10. The fourth-order valence-corrected chi connectivity index (χ4v) is 5.20. The van der Waals surface area contributed by atoms with E-state index < -0.39 is 0 Å². The number of carbonyl (C=O) groups excluding carboxylic acids is 1. The molecule has 0 N–H and O–H groups in total. The van der Waals surface area contributed by atoms with Crippen LogP contribution in [0, 0.1) is 5.92 Å². The summed E-state index contributed by atoms with van der Waals surface area (Å²) in [6.07, 6.45) is 35.5. The lowest BCUT2D eigenvalue weighted by Gasteiger charge is -2.17. The Morgan fingerprint density at radius 3 is 1.20 bits per heavy atom. The standard InChI is InChI=1S/C33H66O2/c1-4-7-10-13-15-17-18-20-23-25-28-32(27-24-22-19-16-14-11-8-5-2)30-31-35-33(34)29-26-21-12-9-6-3/h32H,4-31H2,1-3H3. The fourth-order valence-electron chi connectivity index (χ4n) is 5.20. The summed E-state index contributed by atoms with van der Waals surface area (Å²) in [4.78, 5) is 12.1. The molecule has 210 valence electrons. The first kappa shape index (κ1) is 34.5. The van der Waals surface area contributed by atoms with Gasteiger partial charge >= 0.3 is 5.97 Å². The fraction of sp³-hybridized carbons (Fsp3) is 0.970. The van der Waals surface area contributed by atoms with Gasteiger partial charge in [-0.3, -0.25) is 4.79 Å². The highest BCUT2D eigenvalue weighted by Gasteiger charge is 2.11. The van der Waals surface area contributed by atoms with Crippen molar-refractivity contribution < 1.29 is 9.53 Å². The van der Waals surface area contributed by atoms with Gasteiger partial charge in [-0.2, -0.15) is 0 Å². The molecule has 35 heavy (non-hydrogen) atoms. The molecule has 0 radical (unpaired) electrons. The van der Waals surface area contributed by atoms with E-state index in [4.69, 9.17) is 4.74 Å². The second kappa shape index (κ2) is 29.7. The summed E-state index contributed by atoms with van der Waals surface area (Å²) in [7, 11) is 0. The van der Waals surface area contributed by atoms with E-state index in [1.807, 2.05) is 0 Å². The maximum Gasteiger partial charge on any atom is 0.305 e. The topological polar surface area (TPSA) is 26.3 Å². The summed E-state index contributed by atoms with van der Waals surface area (Å²) in [5.74, 6) is 0.785. The molecule has 0 aliphatic rings. The molecule has 1 unspecified atom stereocenters. The highest BCUT2D eigenvalue weighted by Crippen LogP contribution is 2.23. The van der Waals surface area contributed by atoms with E-state index in [0.717, 1.165) is 18.8 Å². The number of rotatable bonds is 29. The third-order valence-electron chi connectivity index (χ3n) is 7.71. The molecule has 0 aliphatic heterocycles. The maximum atomic E-state index is 12.1. The number of hydrogen-bond donors (Lipinski definition) is 0. The van der Waals surface area contributed by atoms with Gasteiger partial charge in [0.05, 0.1) is 6.61 Å². The zero-order chi connectivity index (χ0) is 25.7. The van der Waals surface area contributed by atoms with Crippen LogP contribution in [0.15, 0.2) is 0 Å². The Balaban J connectivity index is 3.99. The first-order chi connectivity index (χ1) is 17.2. The zero-order valence-electron chi connectivity index (χ0n) is 24.7. The van der Waals surface area contributed by atoms with Crippen LogP contribution in [0.3, 0.4) is 0 Å². The summed E-state index contributed by atoms with van der Waals surface area (Å²) in [6, 6.07) is 0. The molecule has 2 nitrogen and oxygen atoms in total. The van der Waals surface area contributed by atoms with E-state index in [2.05, 4.69) is 20.8 Å². The lowest BCUT2D eigenvalue weighted by molar-refractivity contribution is -0.144. The molecule has 0 bridgehead atoms. The SMILES string of the molecule is CCCCCCCCCCCCC(CCCCCCCCCC)CCOC(=O)CCCCCCC. The highest BCUT2D eigenvalue weighted by molar-refractivity contribution is 5.69. The Labute approximate surface area is 222 Å². The summed E-state index contributed by atoms with van der Waals surface area (Å²) in [6.45, 7) is 7.46. The van der Waals surface area contributed by atoms with E-state index >= 15 is 0 Å². The van der Waals surface area contributed by atoms with Crippen molar-refractivity contribution in [3.05, 3.63) is 0 Å². The first-order valence-electron chi connectivity index (χ1n) is 16.4. The molecule has 0 heterocycles. The highest BCUT2D eigenvalue weighted by atomic mass is 16.5. The van der Waals surface area contributed by atoms with Crippen LogP contribution in [0.1, 0.15) is 194 Å². The van der Waals surface area contributed by atoms with Gasteiger partial charge in [0.2, 0.25) is 0 Å². The summed E-state index contributed by atoms with van der Waals surface area (Å²) < 4.78 is 5.62. The van der Waals surface area contributed by atoms with Crippen molar-refractivity contribution in [3.63, 3.8) is 0 Å². The van der Waals surface area contributed by atoms with Gasteiger partial charge in [-0.1, -0.05) is 175 Å². The molecule has 0 aromatic heterocycles. The van der Waals surface area contributed by atoms with Gasteiger partial charge in [0, 0.05) is 6.42 Å². The van der Waals surface area contributed by atoms with Crippen LogP contribution in [0.25, 0.3) is 0 Å². The second-order valence-electron chi connectivity index (χ2n) is 11.3. The Bertz CT molecular complexity index is 406. The average molecular weight is 495 g/mol. The zero-order valence-corrected chi connectivity index (χ0v) is 24.7. The smallest absolute Gasteiger partial charge is 0.305 e. The van der Waals surface area contributed by atoms with Crippen molar-refractivity contribution in [1.82, 2.24) is 0 Å². The quantitative estimate of drug-likeness (QED) is 0.0763. The largest absolute Gasteiger partial charge is 0.466 e. The molecule has 0 saturated heterocycles. The monoisotopic (exact) mass is 495 g/mol. The van der Waals surface area contributed by atoms with Crippen molar-refractivity contribution in [1.29, 1.82) is 0 Å². The molecule has 0 spiro atoms. The first-order valence-corrected chi connectivity index (χ1v) is 16.4. The summed E-state index contributed by atoms with van der Waals surface area (Å²) >= 11 is 0. The van der Waals surface area contributed by atoms with Gasteiger partial charge in [-0.05, 0) is 18.8 Å². The third-order valence-corrected chi connectivity index (χ3v) is 7.71. The molecular weight excluding hydrogens is 428 g/mol. The van der Waals surface area contributed by atoms with Crippen molar-refractivity contribution in [2.24, 2.45) is 5.92 Å². The van der Waals surface area contributed by atoms with E-state index in [9.17, 15) is 4.79 Å². The third kappa shape index (κ3) is 27.9. The second-order valence-corrected chi connectivity index (χ2v) is 11.3. The molecule has 0 aliphatic carbocycles. The molecule has 0 saturated carbocycles. The van der Waals surface area contributed by atoms with Gasteiger partial charge in [0.25, 0.3) is 0 Å². The predicted octanol–water partition coefficient (Wildman–Crippen LogP) is 11.7. The van der Waals surface area contributed by atoms with Crippen molar-refractivity contribution >= 4 is 5.97 Å². The van der Waals surface area contributed by atoms with Crippen molar-refractivity contribution in [2.75, 3.05) is 6.61 Å². The van der Waals surface area contributed by atoms with Crippen LogP contribution in [-0.4, -0.2) is 12.6 Å². The Morgan fingerprint density at radius 2 is 0.800 bits per heavy atom. The van der Waals surface area contributed by atoms with Crippen LogP contribution in [0.5, 0.6) is 0 Å². The molecule has 2 heteroatoms. The van der Waals surface area contributed by atoms with Gasteiger partial charge in [0.1, 0.15) is 0 Å². The van der Waals surface area contributed by atoms with Gasteiger partial charge in [-0.25, -0.2) is 0 Å². The lowest BCUT2D eigenvalue weighted by atomic mass is 9.91. The minimum atomic E-state index is 0.0336. The van der Waals surface area contributed by atoms with Gasteiger partial charge in [-0.15, -0.1) is 0 Å². The minimum absolute atomic E-state index is 0.0336. The van der Waals surface area contributed by atoms with Crippen molar-refractivity contribution in [2.45, 2.75) is 194 Å². The number of unbranched alkanes of at least 4 members (excludes halogenated alkanes) is 20. The predicted molar refractivity (Wildman–Crippen MR) is 156 cm³/mol. The number of esters is 1. The van der Waals surface area contributed by atoms with Crippen LogP contribution < -0.4 is 0 Å². The van der Waals surface area contributed by atoms with Crippen LogP contribution >= 0.6 is 0 Å². The van der Waals surface area contributed by atoms with Crippen LogP contribution in [-0.2, 0) is 9.53 Å². The van der Waals surface area contributed by atoms with E-state index in [0.29, 0.717) is 13.0 Å². The normalized spacial score (nSPS) is 12.2.